The number of hydrogen-bond acceptors (Lipinski definition) is 2. The fourth-order valence-corrected chi connectivity index (χ4v) is 3.25. The number of piperidine rings is 1. The summed E-state index contributed by atoms with van der Waals surface area (Å²) in [5.74, 6) is 0.311. The van der Waals surface area contributed by atoms with Crippen molar-refractivity contribution in [2.24, 2.45) is 5.41 Å². The SMILES string of the molecule is CCC1(C(=O)N2CCCC(O)C2)CCCC1. The fourth-order valence-electron chi connectivity index (χ4n) is 3.25. The zero-order chi connectivity index (χ0) is 11.6. The second-order valence-electron chi connectivity index (χ2n) is 5.39. The van der Waals surface area contributed by atoms with Gasteiger partial charge in [-0.2, -0.15) is 0 Å². The summed E-state index contributed by atoms with van der Waals surface area (Å²) < 4.78 is 0. The number of aliphatic hydroxyl groups excluding tert-OH is 1. The van der Waals surface area contributed by atoms with E-state index in [4.69, 9.17) is 0 Å². The van der Waals surface area contributed by atoms with E-state index in [0.29, 0.717) is 12.5 Å². The number of carbonyl (C=O) groups excluding carboxylic acids is 1. The zero-order valence-electron chi connectivity index (χ0n) is 10.2. The van der Waals surface area contributed by atoms with Gasteiger partial charge in [-0.3, -0.25) is 4.79 Å². The van der Waals surface area contributed by atoms with Gasteiger partial charge < -0.3 is 10.0 Å². The highest BCUT2D eigenvalue weighted by Gasteiger charge is 2.42. The molecule has 1 aliphatic heterocycles. The second kappa shape index (κ2) is 4.74. The summed E-state index contributed by atoms with van der Waals surface area (Å²) >= 11 is 0. The van der Waals surface area contributed by atoms with Crippen LogP contribution in [0.1, 0.15) is 51.9 Å². The van der Waals surface area contributed by atoms with Crippen molar-refractivity contribution in [3.05, 3.63) is 0 Å². The largest absolute Gasteiger partial charge is 0.391 e. The van der Waals surface area contributed by atoms with Crippen LogP contribution in [0.15, 0.2) is 0 Å². The Balaban J connectivity index is 2.04. The molecule has 0 aromatic heterocycles. The van der Waals surface area contributed by atoms with Gasteiger partial charge in [0, 0.05) is 18.5 Å². The third-order valence-electron chi connectivity index (χ3n) is 4.37. The van der Waals surface area contributed by atoms with E-state index in [1.165, 1.54) is 12.8 Å². The van der Waals surface area contributed by atoms with Crippen molar-refractivity contribution >= 4 is 5.91 Å². The smallest absolute Gasteiger partial charge is 0.228 e. The van der Waals surface area contributed by atoms with Crippen LogP contribution >= 0.6 is 0 Å². The van der Waals surface area contributed by atoms with E-state index in [1.807, 2.05) is 4.90 Å². The van der Waals surface area contributed by atoms with E-state index in [2.05, 4.69) is 6.92 Å². The van der Waals surface area contributed by atoms with Crippen molar-refractivity contribution in [3.63, 3.8) is 0 Å². The zero-order valence-corrected chi connectivity index (χ0v) is 10.2. The van der Waals surface area contributed by atoms with Gasteiger partial charge in [-0.1, -0.05) is 19.8 Å². The Morgan fingerprint density at radius 2 is 2.06 bits per heavy atom. The normalized spacial score (nSPS) is 29.4. The Labute approximate surface area is 97.8 Å². The molecule has 1 aliphatic carbocycles. The number of β-amino-alcohol motifs (C(OH)–C–C–N with tert-alkyl or cyclic N) is 1. The first kappa shape index (κ1) is 11.9. The van der Waals surface area contributed by atoms with Gasteiger partial charge >= 0.3 is 0 Å². The lowest BCUT2D eigenvalue weighted by molar-refractivity contribution is -0.145. The molecule has 0 aromatic rings. The standard InChI is InChI=1S/C13H23NO2/c1-2-13(7-3-4-8-13)12(16)14-9-5-6-11(15)10-14/h11,15H,2-10H2,1H3. The second-order valence-corrected chi connectivity index (χ2v) is 5.39. The number of amides is 1. The molecule has 1 unspecified atom stereocenters. The summed E-state index contributed by atoms with van der Waals surface area (Å²) in [5.41, 5.74) is -0.0862. The van der Waals surface area contributed by atoms with Crippen molar-refractivity contribution < 1.29 is 9.90 Å². The minimum absolute atomic E-state index is 0.0862. The number of likely N-dealkylation sites (tertiary alicyclic amines) is 1. The van der Waals surface area contributed by atoms with Crippen molar-refractivity contribution in [2.75, 3.05) is 13.1 Å². The van der Waals surface area contributed by atoms with E-state index >= 15 is 0 Å². The average molecular weight is 225 g/mol. The quantitative estimate of drug-likeness (QED) is 0.780. The first-order chi connectivity index (χ1) is 7.68. The Kier molecular flexibility index (Phi) is 3.53. The van der Waals surface area contributed by atoms with Gasteiger partial charge in [-0.05, 0) is 32.1 Å². The lowest BCUT2D eigenvalue weighted by Gasteiger charge is -2.37. The number of rotatable bonds is 2. The Morgan fingerprint density at radius 1 is 1.38 bits per heavy atom. The summed E-state index contributed by atoms with van der Waals surface area (Å²) in [6.45, 7) is 3.53. The summed E-state index contributed by atoms with van der Waals surface area (Å²) in [5, 5.41) is 9.63. The predicted octanol–water partition coefficient (Wildman–Crippen LogP) is 1.94. The highest BCUT2D eigenvalue weighted by atomic mass is 16.3. The van der Waals surface area contributed by atoms with Gasteiger partial charge in [0.2, 0.25) is 5.91 Å². The van der Waals surface area contributed by atoms with Crippen LogP contribution in [0.25, 0.3) is 0 Å². The van der Waals surface area contributed by atoms with Crippen molar-refractivity contribution in [1.82, 2.24) is 4.90 Å². The number of aliphatic hydroxyl groups is 1. The molecule has 1 saturated carbocycles. The van der Waals surface area contributed by atoms with E-state index in [9.17, 15) is 9.90 Å². The van der Waals surface area contributed by atoms with E-state index in [-0.39, 0.29) is 11.5 Å². The molecular formula is C13H23NO2. The molecule has 92 valence electrons. The first-order valence-electron chi connectivity index (χ1n) is 6.65. The highest BCUT2D eigenvalue weighted by Crippen LogP contribution is 2.42. The van der Waals surface area contributed by atoms with Crippen LogP contribution < -0.4 is 0 Å². The highest BCUT2D eigenvalue weighted by molar-refractivity contribution is 5.83. The van der Waals surface area contributed by atoms with Crippen molar-refractivity contribution in [1.29, 1.82) is 0 Å². The molecule has 3 heteroatoms. The van der Waals surface area contributed by atoms with Gasteiger partial charge in [0.1, 0.15) is 0 Å². The summed E-state index contributed by atoms with van der Waals surface area (Å²) in [6.07, 6.45) is 6.94. The molecule has 0 bridgehead atoms. The Morgan fingerprint density at radius 3 is 2.62 bits per heavy atom. The monoisotopic (exact) mass is 225 g/mol. The van der Waals surface area contributed by atoms with Crippen LogP contribution in [0, 0.1) is 5.41 Å². The van der Waals surface area contributed by atoms with Crippen LogP contribution in [-0.4, -0.2) is 35.1 Å². The molecule has 0 spiro atoms. The Bertz CT molecular complexity index is 259. The molecule has 1 atom stereocenters. The fraction of sp³-hybridized carbons (Fsp3) is 0.923. The lowest BCUT2D eigenvalue weighted by Crippen LogP contribution is -2.48. The first-order valence-corrected chi connectivity index (χ1v) is 6.65. The number of hydrogen-bond donors (Lipinski definition) is 1. The van der Waals surface area contributed by atoms with Crippen molar-refractivity contribution in [2.45, 2.75) is 58.0 Å². The average Bonchev–Trinajstić information content (AvgIpc) is 2.78. The van der Waals surface area contributed by atoms with Crippen LogP contribution in [0.2, 0.25) is 0 Å². The van der Waals surface area contributed by atoms with Crippen LogP contribution in [0.5, 0.6) is 0 Å². The van der Waals surface area contributed by atoms with E-state index < -0.39 is 0 Å². The molecule has 1 N–H and O–H groups in total. The van der Waals surface area contributed by atoms with Crippen LogP contribution in [0.3, 0.4) is 0 Å². The third-order valence-corrected chi connectivity index (χ3v) is 4.37. The molecule has 16 heavy (non-hydrogen) atoms. The summed E-state index contributed by atoms with van der Waals surface area (Å²) in [7, 11) is 0. The minimum Gasteiger partial charge on any atom is -0.391 e. The van der Waals surface area contributed by atoms with Gasteiger partial charge in [0.15, 0.2) is 0 Å². The number of nitrogens with zero attached hydrogens (tertiary/aromatic N) is 1. The molecule has 2 fully saturated rings. The van der Waals surface area contributed by atoms with Gasteiger partial charge in [0.25, 0.3) is 0 Å². The third kappa shape index (κ3) is 2.10. The molecule has 0 aromatic carbocycles. The van der Waals surface area contributed by atoms with Gasteiger partial charge in [0.05, 0.1) is 6.10 Å². The Hall–Kier alpha value is -0.570. The van der Waals surface area contributed by atoms with Gasteiger partial charge in [-0.15, -0.1) is 0 Å². The van der Waals surface area contributed by atoms with Crippen molar-refractivity contribution in [3.8, 4) is 0 Å². The lowest BCUT2D eigenvalue weighted by atomic mass is 9.81. The maximum absolute atomic E-state index is 12.5. The van der Waals surface area contributed by atoms with E-state index in [1.54, 1.807) is 0 Å². The maximum atomic E-state index is 12.5. The molecule has 0 radical (unpaired) electrons. The van der Waals surface area contributed by atoms with Gasteiger partial charge in [-0.25, -0.2) is 0 Å². The number of carbonyl (C=O) groups is 1. The molecule has 3 nitrogen and oxygen atoms in total. The molecule has 2 aliphatic rings. The van der Waals surface area contributed by atoms with Crippen LogP contribution in [0.4, 0.5) is 0 Å². The molecule has 2 rings (SSSR count). The van der Waals surface area contributed by atoms with E-state index in [0.717, 1.165) is 38.6 Å². The molecule has 1 heterocycles. The molecule has 1 saturated heterocycles. The minimum atomic E-state index is -0.298. The van der Waals surface area contributed by atoms with Crippen LogP contribution in [-0.2, 0) is 4.79 Å². The maximum Gasteiger partial charge on any atom is 0.228 e. The topological polar surface area (TPSA) is 40.5 Å². The predicted molar refractivity (Wildman–Crippen MR) is 63.0 cm³/mol. The summed E-state index contributed by atoms with van der Waals surface area (Å²) in [4.78, 5) is 14.4. The molecule has 1 amide bonds. The molecular weight excluding hydrogens is 202 g/mol. The summed E-state index contributed by atoms with van der Waals surface area (Å²) in [6, 6.07) is 0.